The third-order valence-electron chi connectivity index (χ3n) is 4.19. The quantitative estimate of drug-likeness (QED) is 0.658. The molecule has 1 aliphatic heterocycles. The molecule has 0 aromatic heterocycles. The van der Waals surface area contributed by atoms with E-state index in [1.165, 1.54) is 4.31 Å². The van der Waals surface area contributed by atoms with Crippen molar-refractivity contribution >= 4 is 28.3 Å². The number of sulfonamides is 1. The number of hydrogen-bond donors (Lipinski definition) is 2. The largest absolute Gasteiger partial charge is 0.355 e. The maximum absolute atomic E-state index is 12.6. The summed E-state index contributed by atoms with van der Waals surface area (Å²) in [5, 5.41) is 6.03. The maximum Gasteiger partial charge on any atom is 0.224 e. The van der Waals surface area contributed by atoms with Crippen molar-refractivity contribution in [3.8, 4) is 0 Å². The Bertz CT molecular complexity index is 625. The second-order valence-corrected chi connectivity index (χ2v) is 8.05. The van der Waals surface area contributed by atoms with Crippen molar-refractivity contribution in [3.05, 3.63) is 35.9 Å². The Balaban J connectivity index is 0.00000312. The number of nitrogens with one attached hydrogen (secondary N) is 2. The number of halogens is 1. The molecule has 1 aromatic rings. The fourth-order valence-corrected chi connectivity index (χ4v) is 4.49. The zero-order valence-electron chi connectivity index (χ0n) is 14.6. The monoisotopic (exact) mass is 389 g/mol. The first-order valence-electron chi connectivity index (χ1n) is 8.53. The minimum atomic E-state index is -3.39. The zero-order valence-corrected chi connectivity index (χ0v) is 16.2. The highest BCUT2D eigenvalue weighted by Gasteiger charge is 2.32. The second kappa shape index (κ2) is 10.8. The van der Waals surface area contributed by atoms with Crippen LogP contribution < -0.4 is 10.6 Å². The molecule has 0 radical (unpaired) electrons. The van der Waals surface area contributed by atoms with E-state index >= 15 is 0 Å². The summed E-state index contributed by atoms with van der Waals surface area (Å²) in [5.74, 6) is -0.318. The molecule has 0 aliphatic carbocycles. The molecule has 2 rings (SSSR count). The van der Waals surface area contributed by atoms with Crippen molar-refractivity contribution < 1.29 is 13.2 Å². The van der Waals surface area contributed by atoms with Crippen molar-refractivity contribution in [1.29, 1.82) is 0 Å². The smallest absolute Gasteiger partial charge is 0.224 e. The Morgan fingerprint density at radius 2 is 1.96 bits per heavy atom. The number of nitrogens with zero attached hydrogens (tertiary/aromatic N) is 1. The minimum absolute atomic E-state index is 0. The molecule has 1 amide bonds. The first-order chi connectivity index (χ1) is 11.5. The van der Waals surface area contributed by atoms with Crippen LogP contribution in [0.25, 0.3) is 0 Å². The van der Waals surface area contributed by atoms with Crippen LogP contribution in [0.3, 0.4) is 0 Å². The van der Waals surface area contributed by atoms with Crippen LogP contribution in [0.15, 0.2) is 30.3 Å². The molecule has 6 nitrogen and oxygen atoms in total. The minimum Gasteiger partial charge on any atom is -0.355 e. The first-order valence-corrected chi connectivity index (χ1v) is 10.1. The van der Waals surface area contributed by atoms with Crippen LogP contribution in [-0.4, -0.2) is 51.4 Å². The zero-order chi connectivity index (χ0) is 17.4. The van der Waals surface area contributed by atoms with E-state index < -0.39 is 10.0 Å². The van der Waals surface area contributed by atoms with Crippen LogP contribution in [-0.2, 0) is 20.6 Å². The number of amides is 1. The lowest BCUT2D eigenvalue weighted by Gasteiger charge is -2.31. The molecule has 1 aromatic carbocycles. The lowest BCUT2D eigenvalue weighted by atomic mass is 9.99. The van der Waals surface area contributed by atoms with Gasteiger partial charge in [-0.1, -0.05) is 37.3 Å². The highest BCUT2D eigenvalue weighted by atomic mass is 35.5. The van der Waals surface area contributed by atoms with Gasteiger partial charge in [0.2, 0.25) is 15.9 Å². The molecule has 2 N–H and O–H groups in total. The number of likely N-dealkylation sites (N-methyl/N-ethyl adjacent to an activating group) is 1. The van der Waals surface area contributed by atoms with Gasteiger partial charge in [0.25, 0.3) is 0 Å². The van der Waals surface area contributed by atoms with Crippen LogP contribution in [0.2, 0.25) is 0 Å². The Hall–Kier alpha value is -1.15. The fraction of sp³-hybridized carbons (Fsp3) is 0.588. The Morgan fingerprint density at radius 3 is 2.64 bits per heavy atom. The number of hydrogen-bond acceptors (Lipinski definition) is 4. The average Bonchev–Trinajstić information content (AvgIpc) is 2.59. The van der Waals surface area contributed by atoms with Crippen LogP contribution in [0.1, 0.15) is 25.3 Å². The lowest BCUT2D eigenvalue weighted by Crippen LogP contribution is -2.46. The summed E-state index contributed by atoms with van der Waals surface area (Å²) >= 11 is 0. The van der Waals surface area contributed by atoms with Gasteiger partial charge in [-0.2, -0.15) is 0 Å². The number of piperidine rings is 1. The summed E-state index contributed by atoms with van der Waals surface area (Å²) in [7, 11) is -3.39. The van der Waals surface area contributed by atoms with Gasteiger partial charge in [-0.05, 0) is 24.9 Å². The average molecular weight is 390 g/mol. The number of benzene rings is 1. The van der Waals surface area contributed by atoms with Gasteiger partial charge in [-0.15, -0.1) is 12.4 Å². The van der Waals surface area contributed by atoms with E-state index in [4.69, 9.17) is 0 Å². The third-order valence-corrected chi connectivity index (χ3v) is 6.01. The standard InChI is InChI=1S/C17H27N3O3S.ClH/c1-2-18-10-11-19-17(21)16-9-6-12-20(13-16)24(22,23)14-15-7-4-3-5-8-15;/h3-5,7-8,16,18H,2,6,9-14H2,1H3,(H,19,21);1H. The molecule has 25 heavy (non-hydrogen) atoms. The molecule has 1 atom stereocenters. The SMILES string of the molecule is CCNCCNC(=O)C1CCCN(S(=O)(=O)Cc2ccccc2)C1.Cl. The highest BCUT2D eigenvalue weighted by molar-refractivity contribution is 7.88. The molecule has 1 saturated heterocycles. The van der Waals surface area contributed by atoms with E-state index in [1.54, 1.807) is 0 Å². The third kappa shape index (κ3) is 6.93. The van der Waals surface area contributed by atoms with Gasteiger partial charge in [-0.3, -0.25) is 4.79 Å². The van der Waals surface area contributed by atoms with Crippen LogP contribution in [0.4, 0.5) is 0 Å². The van der Waals surface area contributed by atoms with Crippen molar-refractivity contribution in [2.75, 3.05) is 32.7 Å². The van der Waals surface area contributed by atoms with Gasteiger partial charge in [0.15, 0.2) is 0 Å². The van der Waals surface area contributed by atoms with E-state index in [9.17, 15) is 13.2 Å². The highest BCUT2D eigenvalue weighted by Crippen LogP contribution is 2.21. The molecule has 0 spiro atoms. The van der Waals surface area contributed by atoms with Gasteiger partial charge >= 0.3 is 0 Å². The molecule has 1 unspecified atom stereocenters. The molecule has 8 heteroatoms. The normalized spacial score (nSPS) is 18.4. The molecular weight excluding hydrogens is 362 g/mol. The summed E-state index contributed by atoms with van der Waals surface area (Å²) in [6.07, 6.45) is 1.46. The maximum atomic E-state index is 12.6. The van der Waals surface area contributed by atoms with Crippen LogP contribution in [0.5, 0.6) is 0 Å². The summed E-state index contributed by atoms with van der Waals surface area (Å²) in [5.41, 5.74) is 0.773. The van der Waals surface area contributed by atoms with Crippen LogP contribution in [0, 0.1) is 5.92 Å². The van der Waals surface area contributed by atoms with E-state index in [0.29, 0.717) is 13.1 Å². The van der Waals surface area contributed by atoms with Gasteiger partial charge in [0, 0.05) is 26.2 Å². The second-order valence-electron chi connectivity index (χ2n) is 6.08. The number of carbonyl (C=O) groups excluding carboxylic acids is 1. The summed E-state index contributed by atoms with van der Waals surface area (Å²) in [6.45, 7) is 4.95. The Morgan fingerprint density at radius 1 is 1.24 bits per heavy atom. The van der Waals surface area contributed by atoms with E-state index in [0.717, 1.165) is 31.5 Å². The summed E-state index contributed by atoms with van der Waals surface area (Å²) < 4.78 is 26.7. The molecule has 1 aliphatic rings. The van der Waals surface area contributed by atoms with Gasteiger partial charge < -0.3 is 10.6 Å². The van der Waals surface area contributed by atoms with Crippen molar-refractivity contribution in [2.45, 2.75) is 25.5 Å². The summed E-state index contributed by atoms with van der Waals surface area (Å²) in [6, 6.07) is 9.16. The molecule has 142 valence electrons. The van der Waals surface area contributed by atoms with Crippen molar-refractivity contribution in [1.82, 2.24) is 14.9 Å². The molecule has 1 fully saturated rings. The summed E-state index contributed by atoms with van der Waals surface area (Å²) in [4.78, 5) is 12.2. The van der Waals surface area contributed by atoms with Crippen LogP contribution >= 0.6 is 12.4 Å². The van der Waals surface area contributed by atoms with E-state index in [-0.39, 0.29) is 36.5 Å². The first kappa shape index (κ1) is 21.9. The van der Waals surface area contributed by atoms with Crippen molar-refractivity contribution in [2.24, 2.45) is 5.92 Å². The van der Waals surface area contributed by atoms with E-state index in [2.05, 4.69) is 10.6 Å². The Labute approximate surface area is 156 Å². The van der Waals surface area contributed by atoms with E-state index in [1.807, 2.05) is 37.3 Å². The molecule has 0 saturated carbocycles. The Kier molecular flexibility index (Phi) is 9.42. The molecule has 1 heterocycles. The predicted molar refractivity (Wildman–Crippen MR) is 102 cm³/mol. The number of rotatable bonds is 8. The lowest BCUT2D eigenvalue weighted by molar-refractivity contribution is -0.126. The fourth-order valence-electron chi connectivity index (χ4n) is 2.88. The molecule has 0 bridgehead atoms. The van der Waals surface area contributed by atoms with Gasteiger partial charge in [0.05, 0.1) is 11.7 Å². The molecular formula is C17H28ClN3O3S. The topological polar surface area (TPSA) is 78.5 Å². The van der Waals surface area contributed by atoms with Gasteiger partial charge in [-0.25, -0.2) is 12.7 Å². The predicted octanol–water partition coefficient (Wildman–Crippen LogP) is 1.38. The number of carbonyl (C=O) groups is 1. The van der Waals surface area contributed by atoms with Crippen molar-refractivity contribution in [3.63, 3.8) is 0 Å². The van der Waals surface area contributed by atoms with Gasteiger partial charge in [0.1, 0.15) is 0 Å².